The zero-order valence-corrected chi connectivity index (χ0v) is 14.3. The smallest absolute Gasteiger partial charge is 0.141 e. The van der Waals surface area contributed by atoms with Gasteiger partial charge in [-0.25, -0.2) is 9.37 Å². The summed E-state index contributed by atoms with van der Waals surface area (Å²) in [5, 5.41) is 4.51. The summed E-state index contributed by atoms with van der Waals surface area (Å²) in [6.07, 6.45) is 0.882. The topological polar surface area (TPSA) is 24.9 Å². The molecule has 114 valence electrons. The second-order valence-electron chi connectivity index (χ2n) is 5.97. The minimum atomic E-state index is -0.401. The molecule has 21 heavy (non-hydrogen) atoms. The summed E-state index contributed by atoms with van der Waals surface area (Å²) in [5.74, 6) is -0.401. The summed E-state index contributed by atoms with van der Waals surface area (Å²) in [7, 11) is 0. The number of hydrogen-bond acceptors (Lipinski definition) is 3. The number of halogens is 2. The third-order valence-electron chi connectivity index (χ3n) is 3.06. The molecule has 0 aliphatic rings. The van der Waals surface area contributed by atoms with Crippen molar-refractivity contribution in [2.75, 3.05) is 0 Å². The fraction of sp³-hybridized carbons (Fsp3) is 0.438. The minimum absolute atomic E-state index is 0.0638. The van der Waals surface area contributed by atoms with Crippen molar-refractivity contribution in [1.29, 1.82) is 0 Å². The number of hydrogen-bond donors (Lipinski definition) is 1. The van der Waals surface area contributed by atoms with Crippen LogP contribution in [0, 0.1) is 5.82 Å². The fourth-order valence-corrected chi connectivity index (χ4v) is 3.16. The van der Waals surface area contributed by atoms with Gasteiger partial charge in [0, 0.05) is 22.5 Å². The number of thiazole rings is 1. The standard InChI is InChI=1S/C16H20ClFN2S/c1-5-13-14(9-19-16(2,3)4)21-15(20-13)10-6-7-12(18)11(17)8-10/h6-8,19H,5,9H2,1-4H3. The average molecular weight is 327 g/mol. The van der Waals surface area contributed by atoms with E-state index in [0.717, 1.165) is 29.2 Å². The van der Waals surface area contributed by atoms with Crippen LogP contribution in [-0.4, -0.2) is 10.5 Å². The summed E-state index contributed by atoms with van der Waals surface area (Å²) in [5.41, 5.74) is 2.02. The Balaban J connectivity index is 2.29. The van der Waals surface area contributed by atoms with Gasteiger partial charge in [0.2, 0.25) is 0 Å². The largest absolute Gasteiger partial charge is 0.307 e. The molecule has 1 heterocycles. The molecular weight excluding hydrogens is 307 g/mol. The predicted molar refractivity (Wildman–Crippen MR) is 88.5 cm³/mol. The van der Waals surface area contributed by atoms with Gasteiger partial charge in [-0.3, -0.25) is 0 Å². The van der Waals surface area contributed by atoms with Crippen molar-refractivity contribution >= 4 is 22.9 Å². The molecule has 5 heteroatoms. The summed E-state index contributed by atoms with van der Waals surface area (Å²) < 4.78 is 13.3. The SMILES string of the molecule is CCc1nc(-c2ccc(F)c(Cl)c2)sc1CNC(C)(C)C. The van der Waals surface area contributed by atoms with Crippen LogP contribution in [-0.2, 0) is 13.0 Å². The van der Waals surface area contributed by atoms with E-state index in [1.807, 2.05) is 0 Å². The lowest BCUT2D eigenvalue weighted by Crippen LogP contribution is -2.35. The monoisotopic (exact) mass is 326 g/mol. The van der Waals surface area contributed by atoms with Crippen LogP contribution in [0.4, 0.5) is 4.39 Å². The molecule has 0 spiro atoms. The van der Waals surface area contributed by atoms with E-state index < -0.39 is 5.82 Å². The summed E-state index contributed by atoms with van der Waals surface area (Å²) >= 11 is 7.49. The Morgan fingerprint density at radius 1 is 1.33 bits per heavy atom. The third-order valence-corrected chi connectivity index (χ3v) is 4.50. The molecule has 2 rings (SSSR count). The molecule has 0 bridgehead atoms. The Morgan fingerprint density at radius 2 is 2.05 bits per heavy atom. The van der Waals surface area contributed by atoms with Gasteiger partial charge in [-0.15, -0.1) is 11.3 Å². The molecule has 0 fully saturated rings. The normalized spacial score (nSPS) is 11.9. The van der Waals surface area contributed by atoms with Gasteiger partial charge in [-0.05, 0) is 45.4 Å². The number of benzene rings is 1. The first-order valence-electron chi connectivity index (χ1n) is 6.99. The highest BCUT2D eigenvalue weighted by atomic mass is 35.5. The van der Waals surface area contributed by atoms with Crippen molar-refractivity contribution < 1.29 is 4.39 Å². The van der Waals surface area contributed by atoms with Crippen LogP contribution in [0.1, 0.15) is 38.3 Å². The second kappa shape index (κ2) is 6.42. The van der Waals surface area contributed by atoms with Crippen LogP contribution in [0.15, 0.2) is 18.2 Å². The maximum Gasteiger partial charge on any atom is 0.141 e. The molecule has 2 aromatic rings. The summed E-state index contributed by atoms with van der Waals surface area (Å²) in [4.78, 5) is 5.89. The molecule has 1 aromatic heterocycles. The van der Waals surface area contributed by atoms with Crippen LogP contribution in [0.25, 0.3) is 10.6 Å². The molecule has 0 aliphatic carbocycles. The van der Waals surface area contributed by atoms with Crippen molar-refractivity contribution in [3.05, 3.63) is 39.6 Å². The Bertz CT molecular complexity index is 632. The zero-order chi connectivity index (χ0) is 15.6. The van der Waals surface area contributed by atoms with Gasteiger partial charge in [0.25, 0.3) is 0 Å². The van der Waals surface area contributed by atoms with E-state index in [9.17, 15) is 4.39 Å². The lowest BCUT2D eigenvalue weighted by atomic mass is 10.1. The lowest BCUT2D eigenvalue weighted by Gasteiger charge is -2.20. The molecule has 0 saturated heterocycles. The van der Waals surface area contributed by atoms with Crippen LogP contribution in [0.5, 0.6) is 0 Å². The molecule has 0 atom stereocenters. The molecule has 1 N–H and O–H groups in total. The highest BCUT2D eigenvalue weighted by molar-refractivity contribution is 7.15. The molecule has 0 unspecified atom stereocenters. The van der Waals surface area contributed by atoms with Gasteiger partial charge < -0.3 is 5.32 Å². The second-order valence-corrected chi connectivity index (χ2v) is 7.47. The van der Waals surface area contributed by atoms with Crippen molar-refractivity contribution in [3.8, 4) is 10.6 Å². The van der Waals surface area contributed by atoms with E-state index in [1.54, 1.807) is 23.5 Å². The van der Waals surface area contributed by atoms with Gasteiger partial charge in [0.15, 0.2) is 0 Å². The van der Waals surface area contributed by atoms with E-state index in [4.69, 9.17) is 11.6 Å². The average Bonchev–Trinajstić information content (AvgIpc) is 2.82. The predicted octanol–water partition coefficient (Wildman–Crippen LogP) is 5.05. The van der Waals surface area contributed by atoms with E-state index in [0.29, 0.717) is 0 Å². The van der Waals surface area contributed by atoms with E-state index in [2.05, 4.69) is 38.0 Å². The molecule has 0 aliphatic heterocycles. The van der Waals surface area contributed by atoms with Crippen molar-refractivity contribution in [2.24, 2.45) is 0 Å². The van der Waals surface area contributed by atoms with Crippen molar-refractivity contribution in [1.82, 2.24) is 10.3 Å². The summed E-state index contributed by atoms with van der Waals surface area (Å²) in [6, 6.07) is 4.74. The Hall–Kier alpha value is -0.970. The number of nitrogens with zero attached hydrogens (tertiary/aromatic N) is 1. The van der Waals surface area contributed by atoms with Crippen molar-refractivity contribution in [2.45, 2.75) is 46.2 Å². The van der Waals surface area contributed by atoms with E-state index >= 15 is 0 Å². The quantitative estimate of drug-likeness (QED) is 0.850. The fourth-order valence-electron chi connectivity index (χ4n) is 1.90. The van der Waals surface area contributed by atoms with E-state index in [-0.39, 0.29) is 10.6 Å². The molecule has 0 radical (unpaired) electrons. The lowest BCUT2D eigenvalue weighted by molar-refractivity contribution is 0.425. The van der Waals surface area contributed by atoms with Gasteiger partial charge in [-0.1, -0.05) is 18.5 Å². The molecular formula is C16H20ClFN2S. The Kier molecular flexibility index (Phi) is 5.02. The first-order chi connectivity index (χ1) is 9.80. The molecule has 0 amide bonds. The molecule has 0 saturated carbocycles. The highest BCUT2D eigenvalue weighted by Crippen LogP contribution is 2.31. The maximum atomic E-state index is 13.3. The van der Waals surface area contributed by atoms with E-state index in [1.165, 1.54) is 10.9 Å². The van der Waals surface area contributed by atoms with Gasteiger partial charge in [0.1, 0.15) is 10.8 Å². The minimum Gasteiger partial charge on any atom is -0.307 e. The molecule has 1 aromatic carbocycles. The van der Waals surface area contributed by atoms with Gasteiger partial charge in [0.05, 0.1) is 10.7 Å². The first kappa shape index (κ1) is 16.4. The Labute approximate surface area is 134 Å². The third kappa shape index (κ3) is 4.25. The number of aromatic nitrogens is 1. The van der Waals surface area contributed by atoms with Crippen molar-refractivity contribution in [3.63, 3.8) is 0 Å². The first-order valence-corrected chi connectivity index (χ1v) is 8.18. The van der Waals surface area contributed by atoms with Gasteiger partial charge >= 0.3 is 0 Å². The highest BCUT2D eigenvalue weighted by Gasteiger charge is 2.15. The number of nitrogens with one attached hydrogen (secondary N) is 1. The van der Waals surface area contributed by atoms with Gasteiger partial charge in [-0.2, -0.15) is 0 Å². The number of aryl methyl sites for hydroxylation is 1. The van der Waals surface area contributed by atoms with Crippen LogP contribution >= 0.6 is 22.9 Å². The van der Waals surface area contributed by atoms with Crippen LogP contribution in [0.2, 0.25) is 5.02 Å². The molecule has 2 nitrogen and oxygen atoms in total. The summed E-state index contributed by atoms with van der Waals surface area (Å²) in [6.45, 7) is 9.30. The van der Waals surface area contributed by atoms with Crippen LogP contribution < -0.4 is 5.32 Å². The Morgan fingerprint density at radius 3 is 2.62 bits per heavy atom. The number of rotatable bonds is 4. The van der Waals surface area contributed by atoms with Crippen LogP contribution in [0.3, 0.4) is 0 Å². The maximum absolute atomic E-state index is 13.3. The zero-order valence-electron chi connectivity index (χ0n) is 12.8.